The molecule has 0 heterocycles. The molecule has 2 nitrogen and oxygen atoms in total. The van der Waals surface area contributed by atoms with Crippen LogP contribution in [0.1, 0.15) is 24.0 Å². The lowest BCUT2D eigenvalue weighted by Gasteiger charge is -2.09. The average molecular weight is 340 g/mol. The molecule has 108 valence electrons. The first-order chi connectivity index (χ1) is 8.92. The van der Waals surface area contributed by atoms with Gasteiger partial charge in [0.05, 0.1) is 6.61 Å². The summed E-state index contributed by atoms with van der Waals surface area (Å²) in [6.07, 6.45) is -4.90. The van der Waals surface area contributed by atoms with Crippen molar-refractivity contribution in [1.29, 1.82) is 0 Å². The smallest absolute Gasteiger partial charge is 0.377 e. The molecule has 0 saturated carbocycles. The fourth-order valence-corrected chi connectivity index (χ4v) is 2.12. The zero-order valence-electron chi connectivity index (χ0n) is 10.7. The molecule has 1 N–H and O–H groups in total. The second-order valence-corrected chi connectivity index (χ2v) is 5.08. The molecule has 0 spiro atoms. The summed E-state index contributed by atoms with van der Waals surface area (Å²) in [5.41, 5.74) is 2.07. The van der Waals surface area contributed by atoms with Crippen molar-refractivity contribution in [2.45, 2.75) is 32.2 Å². The number of nitrogens with one attached hydrogen (secondary N) is 1. The Morgan fingerprint density at radius 1 is 1.32 bits per heavy atom. The Balaban J connectivity index is 2.33. The third-order valence-electron chi connectivity index (χ3n) is 2.50. The quantitative estimate of drug-likeness (QED) is 0.757. The lowest BCUT2D eigenvalue weighted by Crippen LogP contribution is -2.09. The van der Waals surface area contributed by atoms with Gasteiger partial charge in [-0.3, -0.25) is 0 Å². The summed E-state index contributed by atoms with van der Waals surface area (Å²) in [6.45, 7) is 1.20. The molecule has 1 aromatic carbocycles. The van der Waals surface area contributed by atoms with Gasteiger partial charge < -0.3 is 10.1 Å². The van der Waals surface area contributed by atoms with Crippen LogP contribution in [0.4, 0.5) is 13.2 Å². The van der Waals surface area contributed by atoms with Crippen molar-refractivity contribution < 1.29 is 17.9 Å². The summed E-state index contributed by atoms with van der Waals surface area (Å²) in [7, 11) is 1.87. The van der Waals surface area contributed by atoms with E-state index in [2.05, 4.69) is 21.2 Å². The van der Waals surface area contributed by atoms with Crippen LogP contribution in [0.25, 0.3) is 0 Å². The molecule has 0 aliphatic rings. The predicted octanol–water partition coefficient (Wildman–Crippen LogP) is 4.03. The maximum atomic E-state index is 11.9. The number of alkyl halides is 3. The summed E-state index contributed by atoms with van der Waals surface area (Å²) < 4.78 is 41.9. The van der Waals surface area contributed by atoms with Crippen LogP contribution in [0.15, 0.2) is 22.7 Å². The fraction of sp³-hybridized carbons (Fsp3) is 0.538. The van der Waals surface area contributed by atoms with E-state index in [1.165, 1.54) is 0 Å². The summed E-state index contributed by atoms with van der Waals surface area (Å²) in [4.78, 5) is 0. The van der Waals surface area contributed by atoms with Crippen LogP contribution in [0.3, 0.4) is 0 Å². The molecular weight excluding hydrogens is 323 g/mol. The van der Waals surface area contributed by atoms with Gasteiger partial charge in [0.2, 0.25) is 0 Å². The minimum atomic E-state index is -4.10. The highest BCUT2D eigenvalue weighted by atomic mass is 79.9. The number of benzene rings is 1. The summed E-state index contributed by atoms with van der Waals surface area (Å²) in [5, 5.41) is 3.05. The lowest BCUT2D eigenvalue weighted by atomic mass is 10.1. The molecule has 0 fully saturated rings. The normalized spacial score (nSPS) is 11.8. The molecular formula is C13H17BrF3NO. The molecule has 0 radical (unpaired) electrons. The van der Waals surface area contributed by atoms with Gasteiger partial charge in [0.1, 0.15) is 0 Å². The Bertz CT molecular complexity index is 396. The Morgan fingerprint density at radius 2 is 2.05 bits per heavy atom. The number of rotatable bonds is 7. The van der Waals surface area contributed by atoms with E-state index in [1.807, 2.05) is 25.2 Å². The number of ether oxygens (including phenoxy) is 1. The van der Waals surface area contributed by atoms with E-state index < -0.39 is 12.6 Å². The van der Waals surface area contributed by atoms with E-state index in [4.69, 9.17) is 4.74 Å². The van der Waals surface area contributed by atoms with Crippen LogP contribution in [0.2, 0.25) is 0 Å². The van der Waals surface area contributed by atoms with Gasteiger partial charge in [0.25, 0.3) is 0 Å². The summed E-state index contributed by atoms with van der Waals surface area (Å²) in [5.74, 6) is 0. The van der Waals surface area contributed by atoms with E-state index in [-0.39, 0.29) is 13.0 Å². The Labute approximate surface area is 119 Å². The zero-order valence-corrected chi connectivity index (χ0v) is 12.3. The largest absolute Gasteiger partial charge is 0.389 e. The van der Waals surface area contributed by atoms with Gasteiger partial charge in [-0.2, -0.15) is 13.2 Å². The third kappa shape index (κ3) is 6.94. The van der Waals surface area contributed by atoms with E-state index in [0.717, 1.165) is 22.1 Å². The van der Waals surface area contributed by atoms with Crippen LogP contribution >= 0.6 is 15.9 Å². The van der Waals surface area contributed by atoms with E-state index in [1.54, 1.807) is 0 Å². The summed E-state index contributed by atoms with van der Waals surface area (Å²) >= 11 is 3.43. The Kier molecular flexibility index (Phi) is 6.82. The molecule has 0 bridgehead atoms. The van der Waals surface area contributed by atoms with Crippen LogP contribution in [0.5, 0.6) is 0 Å². The standard InChI is InChI=1S/C13H17BrF3NO/c1-18-8-10-3-4-11(12(14)7-10)9-19-6-2-5-13(15,16)17/h3-4,7,18H,2,5-6,8-9H2,1H3. The van der Waals surface area contributed by atoms with E-state index >= 15 is 0 Å². The maximum absolute atomic E-state index is 11.9. The first-order valence-corrected chi connectivity index (χ1v) is 6.78. The average Bonchev–Trinajstić information content (AvgIpc) is 2.30. The lowest BCUT2D eigenvalue weighted by molar-refractivity contribution is -0.138. The highest BCUT2D eigenvalue weighted by Crippen LogP contribution is 2.22. The molecule has 0 amide bonds. The number of hydrogen-bond donors (Lipinski definition) is 1. The van der Waals surface area contributed by atoms with Gasteiger partial charge in [0.15, 0.2) is 0 Å². The molecule has 1 aromatic rings. The first-order valence-electron chi connectivity index (χ1n) is 5.99. The molecule has 19 heavy (non-hydrogen) atoms. The van der Waals surface area contributed by atoms with Crippen LogP contribution < -0.4 is 5.32 Å². The van der Waals surface area contributed by atoms with Crippen molar-refractivity contribution >= 4 is 15.9 Å². The number of halogens is 4. The van der Waals surface area contributed by atoms with Crippen molar-refractivity contribution in [2.75, 3.05) is 13.7 Å². The van der Waals surface area contributed by atoms with Crippen molar-refractivity contribution in [1.82, 2.24) is 5.32 Å². The van der Waals surface area contributed by atoms with Gasteiger partial charge in [0, 0.05) is 24.0 Å². The monoisotopic (exact) mass is 339 g/mol. The summed E-state index contributed by atoms with van der Waals surface area (Å²) in [6, 6.07) is 5.86. The molecule has 0 atom stereocenters. The van der Waals surface area contributed by atoms with E-state index in [9.17, 15) is 13.2 Å². The highest BCUT2D eigenvalue weighted by Gasteiger charge is 2.25. The SMILES string of the molecule is CNCc1ccc(COCCCC(F)(F)F)c(Br)c1. The highest BCUT2D eigenvalue weighted by molar-refractivity contribution is 9.10. The molecule has 0 aliphatic heterocycles. The van der Waals surface area contributed by atoms with Gasteiger partial charge in [-0.15, -0.1) is 0 Å². The fourth-order valence-electron chi connectivity index (χ4n) is 1.58. The number of hydrogen-bond acceptors (Lipinski definition) is 2. The van der Waals surface area contributed by atoms with Crippen LogP contribution in [-0.2, 0) is 17.9 Å². The maximum Gasteiger partial charge on any atom is 0.389 e. The van der Waals surface area contributed by atoms with Crippen molar-refractivity contribution in [3.05, 3.63) is 33.8 Å². The molecule has 0 unspecified atom stereocenters. The second-order valence-electron chi connectivity index (χ2n) is 4.23. The van der Waals surface area contributed by atoms with Crippen molar-refractivity contribution in [3.63, 3.8) is 0 Å². The Hall–Kier alpha value is -0.590. The first kappa shape index (κ1) is 16.5. The van der Waals surface area contributed by atoms with Crippen molar-refractivity contribution in [2.24, 2.45) is 0 Å². The van der Waals surface area contributed by atoms with Crippen LogP contribution in [-0.4, -0.2) is 19.8 Å². The van der Waals surface area contributed by atoms with Crippen molar-refractivity contribution in [3.8, 4) is 0 Å². The molecule has 6 heteroatoms. The van der Waals surface area contributed by atoms with E-state index in [0.29, 0.717) is 6.61 Å². The molecule has 0 aromatic heterocycles. The molecule has 1 rings (SSSR count). The second kappa shape index (κ2) is 7.87. The molecule has 0 aliphatic carbocycles. The van der Waals surface area contributed by atoms with Gasteiger partial charge in [-0.25, -0.2) is 0 Å². The third-order valence-corrected chi connectivity index (χ3v) is 3.24. The topological polar surface area (TPSA) is 21.3 Å². The minimum Gasteiger partial charge on any atom is -0.377 e. The predicted molar refractivity (Wildman–Crippen MR) is 71.9 cm³/mol. The van der Waals surface area contributed by atoms with Gasteiger partial charge in [-0.05, 0) is 30.7 Å². The molecule has 0 saturated heterocycles. The van der Waals surface area contributed by atoms with Gasteiger partial charge in [-0.1, -0.05) is 28.1 Å². The van der Waals surface area contributed by atoms with Gasteiger partial charge >= 0.3 is 6.18 Å². The minimum absolute atomic E-state index is 0.00103. The Morgan fingerprint density at radius 3 is 2.63 bits per heavy atom. The van der Waals surface area contributed by atoms with Crippen LogP contribution in [0, 0.1) is 0 Å². The zero-order chi connectivity index (χ0) is 14.3.